The van der Waals surface area contributed by atoms with E-state index in [1.807, 2.05) is 44.3 Å². The van der Waals surface area contributed by atoms with Gasteiger partial charge in [-0.25, -0.2) is 0 Å². The highest BCUT2D eigenvalue weighted by Crippen LogP contribution is 2.36. The molecule has 0 aliphatic carbocycles. The van der Waals surface area contributed by atoms with E-state index in [-0.39, 0.29) is 5.56 Å². The van der Waals surface area contributed by atoms with E-state index < -0.39 is 0 Å². The van der Waals surface area contributed by atoms with Crippen molar-refractivity contribution in [2.24, 2.45) is 7.05 Å². The minimum atomic E-state index is 0.0907. The number of pyridine rings is 1. The molecule has 18 heavy (non-hydrogen) atoms. The molecule has 3 rings (SSSR count). The van der Waals surface area contributed by atoms with Gasteiger partial charge < -0.3 is 9.30 Å². The first-order valence-electron chi connectivity index (χ1n) is 6.16. The van der Waals surface area contributed by atoms with Gasteiger partial charge in [-0.2, -0.15) is 0 Å². The molecule has 3 heteroatoms. The molecule has 1 aliphatic heterocycles. The first-order valence-corrected chi connectivity index (χ1v) is 6.16. The Morgan fingerprint density at radius 2 is 2.11 bits per heavy atom. The van der Waals surface area contributed by atoms with Crippen molar-refractivity contribution in [3.05, 3.63) is 51.8 Å². The van der Waals surface area contributed by atoms with Crippen molar-refractivity contribution in [2.45, 2.75) is 20.0 Å². The van der Waals surface area contributed by atoms with Crippen LogP contribution in [0.4, 0.5) is 0 Å². The van der Waals surface area contributed by atoms with Crippen LogP contribution in [0, 0.1) is 0 Å². The number of para-hydroxylation sites is 1. The molecule has 0 N–H and O–H groups in total. The van der Waals surface area contributed by atoms with Crippen LogP contribution in [0.5, 0.6) is 5.75 Å². The summed E-state index contributed by atoms with van der Waals surface area (Å²) in [6.45, 7) is 2.54. The van der Waals surface area contributed by atoms with Crippen molar-refractivity contribution in [2.75, 3.05) is 0 Å². The molecular weight excluding hydrogens is 226 g/mol. The average molecular weight is 241 g/mol. The van der Waals surface area contributed by atoms with Crippen LogP contribution in [0.1, 0.15) is 18.1 Å². The van der Waals surface area contributed by atoms with E-state index in [0.29, 0.717) is 6.61 Å². The predicted molar refractivity (Wildman–Crippen MR) is 70.8 cm³/mol. The van der Waals surface area contributed by atoms with Gasteiger partial charge in [0.2, 0.25) is 0 Å². The minimum Gasteiger partial charge on any atom is -0.488 e. The Bertz CT molecular complexity index is 671. The molecule has 0 unspecified atom stereocenters. The number of ether oxygens (including phenoxy) is 1. The lowest BCUT2D eigenvalue weighted by atomic mass is 10.00. The van der Waals surface area contributed by atoms with E-state index in [4.69, 9.17) is 4.74 Å². The molecule has 0 bridgehead atoms. The molecule has 2 heterocycles. The van der Waals surface area contributed by atoms with Crippen LogP contribution in [0.15, 0.2) is 35.1 Å². The van der Waals surface area contributed by atoms with Gasteiger partial charge in [-0.3, -0.25) is 4.79 Å². The van der Waals surface area contributed by atoms with E-state index in [0.717, 1.165) is 34.6 Å². The third-order valence-corrected chi connectivity index (χ3v) is 3.47. The maximum atomic E-state index is 12.2. The van der Waals surface area contributed by atoms with Crippen LogP contribution in [-0.2, 0) is 20.1 Å². The number of hydrogen-bond donors (Lipinski definition) is 0. The molecule has 3 nitrogen and oxygen atoms in total. The van der Waals surface area contributed by atoms with Gasteiger partial charge in [-0.05, 0) is 24.6 Å². The first kappa shape index (κ1) is 11.1. The van der Waals surface area contributed by atoms with Crippen molar-refractivity contribution in [3.63, 3.8) is 0 Å². The van der Waals surface area contributed by atoms with Gasteiger partial charge >= 0.3 is 0 Å². The lowest BCUT2D eigenvalue weighted by Gasteiger charge is -2.23. The topological polar surface area (TPSA) is 31.2 Å². The van der Waals surface area contributed by atoms with E-state index in [1.165, 1.54) is 0 Å². The Morgan fingerprint density at radius 1 is 1.33 bits per heavy atom. The van der Waals surface area contributed by atoms with Gasteiger partial charge in [0, 0.05) is 23.7 Å². The maximum absolute atomic E-state index is 12.2. The number of aryl methyl sites for hydroxylation is 1. The summed E-state index contributed by atoms with van der Waals surface area (Å²) in [5.74, 6) is 0.851. The Kier molecular flexibility index (Phi) is 2.47. The fourth-order valence-corrected chi connectivity index (χ4v) is 2.53. The second-order valence-corrected chi connectivity index (χ2v) is 4.55. The standard InChI is InChI=1S/C15H15NO2/c1-3-10-8-11-9-18-13-7-5-4-6-12(13)14(11)16(2)15(10)17/h4-8H,3,9H2,1-2H3. The van der Waals surface area contributed by atoms with E-state index in [2.05, 4.69) is 0 Å². The van der Waals surface area contributed by atoms with Crippen molar-refractivity contribution in [1.82, 2.24) is 4.57 Å². The normalized spacial score (nSPS) is 12.6. The van der Waals surface area contributed by atoms with Gasteiger partial charge in [0.1, 0.15) is 12.4 Å². The fraction of sp³-hybridized carbons (Fsp3) is 0.267. The molecule has 0 saturated heterocycles. The summed E-state index contributed by atoms with van der Waals surface area (Å²) < 4.78 is 7.47. The van der Waals surface area contributed by atoms with Crippen LogP contribution >= 0.6 is 0 Å². The molecule has 0 atom stereocenters. The average Bonchev–Trinajstić information content (AvgIpc) is 2.42. The quantitative estimate of drug-likeness (QED) is 0.768. The molecule has 0 fully saturated rings. The third-order valence-electron chi connectivity index (χ3n) is 3.47. The van der Waals surface area contributed by atoms with Gasteiger partial charge in [0.25, 0.3) is 5.56 Å². The molecule has 0 saturated carbocycles. The Balaban J connectivity index is 2.35. The van der Waals surface area contributed by atoms with Crippen LogP contribution < -0.4 is 10.3 Å². The molecular formula is C15H15NO2. The molecule has 1 aromatic carbocycles. The summed E-state index contributed by atoms with van der Waals surface area (Å²) in [5, 5.41) is 0. The second-order valence-electron chi connectivity index (χ2n) is 4.55. The van der Waals surface area contributed by atoms with Crippen LogP contribution in [0.25, 0.3) is 11.3 Å². The summed E-state index contributed by atoms with van der Waals surface area (Å²) >= 11 is 0. The predicted octanol–water partition coefficient (Wildman–Crippen LogP) is 2.51. The minimum absolute atomic E-state index is 0.0907. The summed E-state index contributed by atoms with van der Waals surface area (Å²) in [7, 11) is 1.84. The smallest absolute Gasteiger partial charge is 0.253 e. The monoisotopic (exact) mass is 241 g/mol. The van der Waals surface area contributed by atoms with Crippen molar-refractivity contribution in [3.8, 4) is 17.0 Å². The number of rotatable bonds is 1. The maximum Gasteiger partial charge on any atom is 0.253 e. The zero-order valence-electron chi connectivity index (χ0n) is 10.6. The summed E-state index contributed by atoms with van der Waals surface area (Å²) in [6, 6.07) is 9.83. The molecule has 0 radical (unpaired) electrons. The van der Waals surface area contributed by atoms with Crippen molar-refractivity contribution >= 4 is 0 Å². The van der Waals surface area contributed by atoms with Crippen LogP contribution in [0.3, 0.4) is 0 Å². The lowest BCUT2D eigenvalue weighted by molar-refractivity contribution is 0.300. The summed E-state index contributed by atoms with van der Waals surface area (Å²) in [6.07, 6.45) is 0.752. The molecule has 92 valence electrons. The van der Waals surface area contributed by atoms with Gasteiger partial charge in [-0.15, -0.1) is 0 Å². The van der Waals surface area contributed by atoms with Crippen molar-refractivity contribution in [1.29, 1.82) is 0 Å². The second kappa shape index (κ2) is 4.02. The van der Waals surface area contributed by atoms with E-state index in [9.17, 15) is 4.79 Å². The molecule has 1 aromatic heterocycles. The largest absolute Gasteiger partial charge is 0.488 e. The Morgan fingerprint density at radius 3 is 2.89 bits per heavy atom. The third kappa shape index (κ3) is 1.47. The Hall–Kier alpha value is -2.03. The highest BCUT2D eigenvalue weighted by Gasteiger charge is 2.20. The number of hydrogen-bond acceptors (Lipinski definition) is 2. The Labute approximate surface area is 106 Å². The zero-order chi connectivity index (χ0) is 12.7. The SMILES string of the molecule is CCc1cc2c(n(C)c1=O)-c1ccccc1OC2. The van der Waals surface area contributed by atoms with Gasteiger partial charge in [-0.1, -0.05) is 19.1 Å². The number of aromatic nitrogens is 1. The number of benzene rings is 1. The first-order chi connectivity index (χ1) is 8.72. The lowest BCUT2D eigenvalue weighted by Crippen LogP contribution is -2.25. The van der Waals surface area contributed by atoms with Crippen LogP contribution in [-0.4, -0.2) is 4.57 Å². The van der Waals surface area contributed by atoms with E-state index in [1.54, 1.807) is 4.57 Å². The molecule has 0 spiro atoms. The van der Waals surface area contributed by atoms with E-state index >= 15 is 0 Å². The van der Waals surface area contributed by atoms with Gasteiger partial charge in [0.15, 0.2) is 0 Å². The molecule has 1 aliphatic rings. The van der Waals surface area contributed by atoms with Crippen molar-refractivity contribution < 1.29 is 4.74 Å². The highest BCUT2D eigenvalue weighted by atomic mass is 16.5. The number of nitrogens with zero attached hydrogens (tertiary/aromatic N) is 1. The zero-order valence-corrected chi connectivity index (χ0v) is 10.6. The van der Waals surface area contributed by atoms with Gasteiger partial charge in [0.05, 0.1) is 5.69 Å². The molecule has 0 amide bonds. The molecule has 2 aromatic rings. The summed E-state index contributed by atoms with van der Waals surface area (Å²) in [5.41, 5.74) is 4.01. The highest BCUT2D eigenvalue weighted by molar-refractivity contribution is 5.72. The number of fused-ring (bicyclic) bond motifs is 3. The fourth-order valence-electron chi connectivity index (χ4n) is 2.53. The summed E-state index contributed by atoms with van der Waals surface area (Å²) in [4.78, 5) is 12.2. The van der Waals surface area contributed by atoms with Crippen LogP contribution in [0.2, 0.25) is 0 Å².